The first-order valence-electron chi connectivity index (χ1n) is 27.6. The van der Waals surface area contributed by atoms with E-state index in [1.54, 1.807) is 54.5 Å². The molecule has 0 spiro atoms. The molecule has 2 aliphatic rings. The van der Waals surface area contributed by atoms with Gasteiger partial charge in [0.1, 0.15) is 45.5 Å². The van der Waals surface area contributed by atoms with Gasteiger partial charge in [-0.15, -0.1) is 0 Å². The lowest BCUT2D eigenvalue weighted by Gasteiger charge is -2.24. The summed E-state index contributed by atoms with van der Waals surface area (Å²) in [4.78, 5) is 108. The number of anilines is 2. The van der Waals surface area contributed by atoms with Crippen LogP contribution < -0.4 is 52.3 Å². The smallest absolute Gasteiger partial charge is 0.413 e. The lowest BCUT2D eigenvalue weighted by molar-refractivity contribution is 0.0287. The first kappa shape index (κ1) is 67.8. The number of carboxylic acid groups (broad SMARTS) is 1. The standard InChI is InChI=1S/C26H32FN3O6.C25H24FN5O5.C11H14N2O4/c1-6-35-19-11-12-20(34-5)22(27)21(19)23(31)15-7-9-16(10-8-15)24(32)29-18-14-30(13-17(18)28)25(33)36-26(2,3)4;1-36-19-7-6-18(32)21(22(19)26)23(33)13-2-4-14(5-3-13)24(34)30-16-11-28-12-17(16)31-25(35)15-8-9-29-20(27)10-15;1-11(2,3)17-10(16)13-8-6-7(9(14)15)4-5-12-8/h7-12,17-18H,6,13-14,28H2,1-5H3,(H,29,32);2-10,16-17,28,32H,11-12H2,1H3,(H2,27,29)(H,30,34)(H,31,35);4-6H,1-3H3,(H,14,15)(H,12,13,16)/t17-,18-;16-,17-;/m11./s1. The number of carbonyl (C=O) groups is 8. The number of pyridine rings is 2. The number of nitrogen functional groups attached to an aromatic ring is 1. The third-order valence-corrected chi connectivity index (χ3v) is 13.0. The minimum Gasteiger partial charge on any atom is -0.507 e. The lowest BCUT2D eigenvalue weighted by atomic mass is 10.00. The highest BCUT2D eigenvalue weighted by molar-refractivity contribution is 6.12. The Morgan fingerprint density at radius 3 is 1.61 bits per heavy atom. The minimum atomic E-state index is -1.08. The number of ether oxygens (including phenoxy) is 5. The van der Waals surface area contributed by atoms with E-state index in [9.17, 15) is 52.2 Å². The van der Waals surface area contributed by atoms with Crippen molar-refractivity contribution in [1.29, 1.82) is 0 Å². The molecule has 5 amide bonds. The highest BCUT2D eigenvalue weighted by Crippen LogP contribution is 2.32. The van der Waals surface area contributed by atoms with Gasteiger partial charge in [0.25, 0.3) is 17.7 Å². The van der Waals surface area contributed by atoms with Crippen LogP contribution in [-0.2, 0) is 9.47 Å². The van der Waals surface area contributed by atoms with Gasteiger partial charge in [-0.25, -0.2) is 33.1 Å². The molecular formula is C62H70F2N10O15. The fourth-order valence-electron chi connectivity index (χ4n) is 8.76. The van der Waals surface area contributed by atoms with Crippen LogP contribution in [0.2, 0.25) is 0 Å². The Morgan fingerprint density at radius 1 is 0.618 bits per heavy atom. The van der Waals surface area contributed by atoms with Crippen molar-refractivity contribution < 1.29 is 81.0 Å². The molecule has 2 aliphatic heterocycles. The Kier molecular flexibility index (Phi) is 22.8. The normalized spacial score (nSPS) is 15.9. The summed E-state index contributed by atoms with van der Waals surface area (Å²) in [5.74, 6) is -5.70. The topological polar surface area (TPSA) is 364 Å². The zero-order chi connectivity index (χ0) is 65.5. The second-order valence-corrected chi connectivity index (χ2v) is 22.0. The van der Waals surface area contributed by atoms with E-state index in [0.29, 0.717) is 18.7 Å². The quantitative estimate of drug-likeness (QED) is 0.0466. The Hall–Kier alpha value is -10.3. The van der Waals surface area contributed by atoms with Crippen LogP contribution in [-0.4, -0.2) is 155 Å². The summed E-state index contributed by atoms with van der Waals surface area (Å²) < 4.78 is 55.1. The number of halogens is 2. The molecule has 472 valence electrons. The first-order valence-corrected chi connectivity index (χ1v) is 27.6. The number of rotatable bonds is 16. The summed E-state index contributed by atoms with van der Waals surface area (Å²) in [6.45, 7) is 13.9. The maximum absolute atomic E-state index is 14.9. The molecule has 25 nitrogen and oxygen atoms in total. The first-order chi connectivity index (χ1) is 42.0. The maximum Gasteiger partial charge on any atom is 0.413 e. The number of aromatic carboxylic acids is 1. The number of hydrogen-bond donors (Lipinski definition) is 9. The lowest BCUT2D eigenvalue weighted by Crippen LogP contribution is -2.51. The van der Waals surface area contributed by atoms with Crippen LogP contribution in [0.1, 0.15) is 122 Å². The van der Waals surface area contributed by atoms with Crippen molar-refractivity contribution in [2.75, 3.05) is 58.1 Å². The number of aromatic nitrogens is 2. The average Bonchev–Trinajstić information content (AvgIpc) is 2.15. The van der Waals surface area contributed by atoms with Crippen molar-refractivity contribution in [2.24, 2.45) is 5.73 Å². The number of aromatic hydroxyl groups is 1. The molecule has 4 atom stereocenters. The number of nitrogens with zero attached hydrogens (tertiary/aromatic N) is 3. The predicted octanol–water partition coefficient (Wildman–Crippen LogP) is 6.52. The van der Waals surface area contributed by atoms with Crippen LogP contribution in [0.25, 0.3) is 0 Å². The second-order valence-electron chi connectivity index (χ2n) is 22.0. The summed E-state index contributed by atoms with van der Waals surface area (Å²) in [5.41, 5.74) is 11.0. The number of benzene rings is 4. The molecule has 2 aromatic heterocycles. The van der Waals surface area contributed by atoms with Gasteiger partial charge in [0.15, 0.2) is 34.7 Å². The number of hydrogen-bond acceptors (Lipinski definition) is 19. The molecule has 0 aliphatic carbocycles. The van der Waals surface area contributed by atoms with E-state index < -0.39 is 87.8 Å². The highest BCUT2D eigenvalue weighted by Gasteiger charge is 2.37. The van der Waals surface area contributed by atoms with Gasteiger partial charge in [-0.2, -0.15) is 0 Å². The van der Waals surface area contributed by atoms with Crippen LogP contribution in [0, 0.1) is 11.6 Å². The number of phenols is 1. The molecule has 0 radical (unpaired) electrons. The van der Waals surface area contributed by atoms with E-state index in [1.807, 2.05) is 0 Å². The van der Waals surface area contributed by atoms with Gasteiger partial charge in [-0.3, -0.25) is 29.3 Å². The van der Waals surface area contributed by atoms with Gasteiger partial charge in [0.2, 0.25) is 0 Å². The average molecular weight is 1230 g/mol. The van der Waals surface area contributed by atoms with Crippen molar-refractivity contribution in [3.63, 3.8) is 0 Å². The van der Waals surface area contributed by atoms with Gasteiger partial charge >= 0.3 is 18.2 Å². The molecule has 27 heteroatoms. The summed E-state index contributed by atoms with van der Waals surface area (Å²) in [6, 6.07) is 20.6. The van der Waals surface area contributed by atoms with Crippen molar-refractivity contribution >= 4 is 59.1 Å². The van der Waals surface area contributed by atoms with Crippen LogP contribution in [0.5, 0.6) is 23.0 Å². The van der Waals surface area contributed by atoms with Crippen LogP contribution in [0.4, 0.5) is 30.0 Å². The van der Waals surface area contributed by atoms with Crippen LogP contribution in [0.3, 0.4) is 0 Å². The van der Waals surface area contributed by atoms with Gasteiger partial charge in [0, 0.05) is 72.4 Å². The minimum absolute atomic E-state index is 0.0473. The second kappa shape index (κ2) is 29.9. The predicted molar refractivity (Wildman–Crippen MR) is 321 cm³/mol. The van der Waals surface area contributed by atoms with Gasteiger partial charge in [-0.1, -0.05) is 24.3 Å². The molecule has 2 saturated heterocycles. The number of nitrogens with two attached hydrogens (primary N) is 2. The van der Waals surface area contributed by atoms with E-state index in [4.69, 9.17) is 40.3 Å². The summed E-state index contributed by atoms with van der Waals surface area (Å²) >= 11 is 0. The molecule has 6 aromatic rings. The van der Waals surface area contributed by atoms with E-state index in [1.165, 1.54) is 123 Å². The SMILES string of the molecule is CC(C)(C)OC(=O)Nc1cc(C(=O)O)ccn1.CCOc1ccc(OC)c(F)c1C(=O)c1ccc(C(=O)N[C@@H]2CN(C(=O)OC(C)(C)C)C[C@H]2N)cc1.COc1ccc(O)c(C(=O)c2ccc(C(=O)N[C@@H]3CNC[C@H]3NC(=O)c3ccnc(N)c3)cc2)c1F. The highest BCUT2D eigenvalue weighted by atomic mass is 19.1. The van der Waals surface area contributed by atoms with E-state index in [-0.39, 0.29) is 100.0 Å². The third-order valence-electron chi connectivity index (χ3n) is 13.0. The molecular weight excluding hydrogens is 1160 g/mol. The number of amides is 5. The molecule has 0 bridgehead atoms. The van der Waals surface area contributed by atoms with Crippen LogP contribution >= 0.6 is 0 Å². The fraction of sp³-hybridized carbons (Fsp3) is 0.323. The van der Waals surface area contributed by atoms with Crippen molar-refractivity contribution in [1.82, 2.24) is 36.1 Å². The number of ketones is 2. The third kappa shape index (κ3) is 18.6. The number of carboxylic acids is 1. The number of methoxy groups -OCH3 is 2. The number of nitrogens with one attached hydrogen (secondary N) is 5. The van der Waals surface area contributed by atoms with E-state index in [2.05, 4.69) is 36.6 Å². The fourth-order valence-corrected chi connectivity index (χ4v) is 8.76. The summed E-state index contributed by atoms with van der Waals surface area (Å²) in [7, 11) is 2.56. The summed E-state index contributed by atoms with van der Waals surface area (Å²) in [5, 5.41) is 32.8. The van der Waals surface area contributed by atoms with Gasteiger partial charge < -0.3 is 71.5 Å². The molecule has 2 fully saturated rings. The zero-order valence-electron chi connectivity index (χ0n) is 50.2. The van der Waals surface area contributed by atoms with Crippen molar-refractivity contribution in [3.05, 3.63) is 166 Å². The number of carbonyl (C=O) groups excluding carboxylic acids is 7. The molecule has 4 aromatic carbocycles. The molecule has 11 N–H and O–H groups in total. The Balaban J connectivity index is 0.000000227. The Morgan fingerprint density at radius 2 is 1.09 bits per heavy atom. The number of phenolic OH excluding ortho intramolecular Hbond substituents is 1. The van der Waals surface area contributed by atoms with Crippen LogP contribution in [0.15, 0.2) is 109 Å². The molecule has 0 saturated carbocycles. The van der Waals surface area contributed by atoms with E-state index >= 15 is 0 Å². The molecule has 0 unspecified atom stereocenters. The monoisotopic (exact) mass is 1230 g/mol. The summed E-state index contributed by atoms with van der Waals surface area (Å²) in [6.07, 6.45) is 1.58. The maximum atomic E-state index is 14.9. The number of likely N-dealkylation sites (tertiary alicyclic amines) is 1. The van der Waals surface area contributed by atoms with Gasteiger partial charge in [0.05, 0.1) is 44.5 Å². The molecule has 8 rings (SSSR count). The Bertz CT molecular complexity index is 3580. The van der Waals surface area contributed by atoms with Gasteiger partial charge in [-0.05, 0) is 121 Å². The molecule has 89 heavy (non-hydrogen) atoms. The molecule has 4 heterocycles. The van der Waals surface area contributed by atoms with Crippen molar-refractivity contribution in [2.45, 2.75) is 83.8 Å². The zero-order valence-corrected chi connectivity index (χ0v) is 50.2. The Labute approximate surface area is 510 Å². The van der Waals surface area contributed by atoms with E-state index in [0.717, 1.165) is 0 Å². The largest absolute Gasteiger partial charge is 0.507 e. The van der Waals surface area contributed by atoms with Crippen molar-refractivity contribution in [3.8, 4) is 23.0 Å².